The van der Waals surface area contributed by atoms with Crippen LogP contribution in [0.4, 0.5) is 5.69 Å². The Balaban J connectivity index is 2.78. The van der Waals surface area contributed by atoms with Crippen LogP contribution in [0.3, 0.4) is 0 Å². The average molecular weight is 244 g/mol. The number of rotatable bonds is 4. The molecule has 0 spiro atoms. The smallest absolute Gasteiger partial charge is 0.121 e. The lowest BCUT2D eigenvalue weighted by molar-refractivity contribution is 0.415. The van der Waals surface area contributed by atoms with Gasteiger partial charge in [-0.3, -0.25) is 0 Å². The SMILES string of the molecule is CCCNc1cc(OC)ccc1Br. The first kappa shape index (κ1) is 10.4. The summed E-state index contributed by atoms with van der Waals surface area (Å²) in [5, 5.41) is 3.31. The number of methoxy groups -OCH3 is 1. The molecule has 0 saturated heterocycles. The predicted molar refractivity (Wildman–Crippen MR) is 59.5 cm³/mol. The Morgan fingerprint density at radius 1 is 1.46 bits per heavy atom. The molecule has 3 heteroatoms. The number of halogens is 1. The molecule has 0 radical (unpaired) electrons. The van der Waals surface area contributed by atoms with E-state index in [2.05, 4.69) is 28.2 Å². The van der Waals surface area contributed by atoms with E-state index in [-0.39, 0.29) is 0 Å². The molecule has 72 valence electrons. The second-order valence-corrected chi connectivity index (χ2v) is 3.63. The largest absolute Gasteiger partial charge is 0.497 e. The van der Waals surface area contributed by atoms with Gasteiger partial charge < -0.3 is 10.1 Å². The number of hydrogen-bond acceptors (Lipinski definition) is 2. The van der Waals surface area contributed by atoms with Crippen LogP contribution >= 0.6 is 15.9 Å². The van der Waals surface area contributed by atoms with Crippen LogP contribution in [0.2, 0.25) is 0 Å². The maximum atomic E-state index is 5.13. The first-order chi connectivity index (χ1) is 6.27. The third-order valence-corrected chi connectivity index (χ3v) is 2.43. The van der Waals surface area contributed by atoms with Crippen LogP contribution in [-0.4, -0.2) is 13.7 Å². The molecule has 0 aliphatic carbocycles. The van der Waals surface area contributed by atoms with Crippen molar-refractivity contribution < 1.29 is 4.74 Å². The van der Waals surface area contributed by atoms with Crippen LogP contribution in [0.15, 0.2) is 22.7 Å². The lowest BCUT2D eigenvalue weighted by atomic mass is 10.3. The van der Waals surface area contributed by atoms with E-state index >= 15 is 0 Å². The number of hydrogen-bond donors (Lipinski definition) is 1. The van der Waals surface area contributed by atoms with Gasteiger partial charge in [0.15, 0.2) is 0 Å². The Kier molecular flexibility index (Phi) is 4.09. The topological polar surface area (TPSA) is 21.3 Å². The Bertz CT molecular complexity index is 276. The molecule has 0 aromatic heterocycles. The zero-order chi connectivity index (χ0) is 9.68. The molecule has 1 rings (SSSR count). The van der Waals surface area contributed by atoms with Gasteiger partial charge >= 0.3 is 0 Å². The summed E-state index contributed by atoms with van der Waals surface area (Å²) in [7, 11) is 1.67. The third kappa shape index (κ3) is 2.92. The van der Waals surface area contributed by atoms with E-state index < -0.39 is 0 Å². The first-order valence-corrected chi connectivity index (χ1v) is 5.14. The average Bonchev–Trinajstić information content (AvgIpc) is 2.17. The summed E-state index contributed by atoms with van der Waals surface area (Å²) in [5.41, 5.74) is 1.08. The minimum Gasteiger partial charge on any atom is -0.497 e. The van der Waals surface area contributed by atoms with Crippen molar-refractivity contribution in [3.05, 3.63) is 22.7 Å². The van der Waals surface area contributed by atoms with Gasteiger partial charge in [0.25, 0.3) is 0 Å². The standard InChI is InChI=1S/C10H14BrNO/c1-3-6-12-10-7-8(13-2)4-5-9(10)11/h4-5,7,12H,3,6H2,1-2H3. The van der Waals surface area contributed by atoms with Gasteiger partial charge in [-0.1, -0.05) is 6.92 Å². The highest BCUT2D eigenvalue weighted by Crippen LogP contribution is 2.26. The van der Waals surface area contributed by atoms with Gasteiger partial charge in [0.1, 0.15) is 5.75 Å². The lowest BCUT2D eigenvalue weighted by Gasteiger charge is -2.08. The lowest BCUT2D eigenvalue weighted by Crippen LogP contribution is -2.00. The number of anilines is 1. The van der Waals surface area contributed by atoms with Crippen molar-refractivity contribution in [1.82, 2.24) is 0 Å². The second-order valence-electron chi connectivity index (χ2n) is 2.77. The van der Waals surface area contributed by atoms with E-state index in [0.29, 0.717) is 0 Å². The normalized spacial score (nSPS) is 9.77. The fraction of sp³-hybridized carbons (Fsp3) is 0.400. The first-order valence-electron chi connectivity index (χ1n) is 4.35. The van der Waals surface area contributed by atoms with Crippen molar-refractivity contribution >= 4 is 21.6 Å². The third-order valence-electron chi connectivity index (χ3n) is 1.74. The minimum atomic E-state index is 0.877. The van der Waals surface area contributed by atoms with Gasteiger partial charge in [-0.05, 0) is 34.5 Å². The number of benzene rings is 1. The van der Waals surface area contributed by atoms with Crippen molar-refractivity contribution in [2.24, 2.45) is 0 Å². The molecule has 1 N–H and O–H groups in total. The fourth-order valence-electron chi connectivity index (χ4n) is 1.03. The maximum Gasteiger partial charge on any atom is 0.121 e. The molecule has 0 atom stereocenters. The zero-order valence-corrected chi connectivity index (χ0v) is 9.52. The molecule has 13 heavy (non-hydrogen) atoms. The monoisotopic (exact) mass is 243 g/mol. The second kappa shape index (κ2) is 5.12. The van der Waals surface area contributed by atoms with E-state index in [1.807, 2.05) is 18.2 Å². The molecule has 0 unspecified atom stereocenters. The van der Waals surface area contributed by atoms with Gasteiger partial charge in [-0.2, -0.15) is 0 Å². The summed E-state index contributed by atoms with van der Waals surface area (Å²) in [5.74, 6) is 0.877. The van der Waals surface area contributed by atoms with Gasteiger partial charge in [-0.25, -0.2) is 0 Å². The molecule has 0 amide bonds. The minimum absolute atomic E-state index is 0.877. The quantitative estimate of drug-likeness (QED) is 0.877. The number of ether oxygens (including phenoxy) is 1. The van der Waals surface area contributed by atoms with Gasteiger partial charge in [0.05, 0.1) is 12.8 Å². The summed E-state index contributed by atoms with van der Waals surface area (Å²) in [6.07, 6.45) is 1.11. The van der Waals surface area contributed by atoms with Crippen LogP contribution in [0.1, 0.15) is 13.3 Å². The van der Waals surface area contributed by atoms with Gasteiger partial charge in [0, 0.05) is 17.1 Å². The van der Waals surface area contributed by atoms with Crippen molar-refractivity contribution in [1.29, 1.82) is 0 Å². The molecule has 0 aliphatic heterocycles. The molecule has 1 aromatic rings. The van der Waals surface area contributed by atoms with Gasteiger partial charge in [-0.15, -0.1) is 0 Å². The van der Waals surface area contributed by atoms with Crippen LogP contribution in [0, 0.1) is 0 Å². The maximum absolute atomic E-state index is 5.13. The summed E-state index contributed by atoms with van der Waals surface area (Å²) in [6, 6.07) is 5.90. The zero-order valence-electron chi connectivity index (χ0n) is 7.93. The highest BCUT2D eigenvalue weighted by Gasteiger charge is 1.99. The fourth-order valence-corrected chi connectivity index (χ4v) is 1.41. The van der Waals surface area contributed by atoms with Crippen LogP contribution in [0.5, 0.6) is 5.75 Å². The summed E-state index contributed by atoms with van der Waals surface area (Å²) in [6.45, 7) is 3.12. The summed E-state index contributed by atoms with van der Waals surface area (Å²) >= 11 is 3.47. The van der Waals surface area contributed by atoms with Crippen molar-refractivity contribution in [3.63, 3.8) is 0 Å². The summed E-state index contributed by atoms with van der Waals surface area (Å²) < 4.78 is 6.20. The van der Waals surface area contributed by atoms with Crippen LogP contribution in [-0.2, 0) is 0 Å². The van der Waals surface area contributed by atoms with Crippen LogP contribution < -0.4 is 10.1 Å². The molecule has 0 fully saturated rings. The van der Waals surface area contributed by atoms with Crippen LogP contribution in [0.25, 0.3) is 0 Å². The highest BCUT2D eigenvalue weighted by molar-refractivity contribution is 9.10. The van der Waals surface area contributed by atoms with Crippen molar-refractivity contribution in [3.8, 4) is 5.75 Å². The van der Waals surface area contributed by atoms with E-state index in [0.717, 1.165) is 28.9 Å². The van der Waals surface area contributed by atoms with Crippen molar-refractivity contribution in [2.75, 3.05) is 19.0 Å². The van der Waals surface area contributed by atoms with E-state index in [1.165, 1.54) is 0 Å². The summed E-state index contributed by atoms with van der Waals surface area (Å²) in [4.78, 5) is 0. The Hall–Kier alpha value is -0.700. The highest BCUT2D eigenvalue weighted by atomic mass is 79.9. The number of nitrogens with one attached hydrogen (secondary N) is 1. The molecule has 0 heterocycles. The van der Waals surface area contributed by atoms with Gasteiger partial charge in [0.2, 0.25) is 0 Å². The Morgan fingerprint density at radius 3 is 2.85 bits per heavy atom. The molecule has 2 nitrogen and oxygen atoms in total. The molecular formula is C10H14BrNO. The van der Waals surface area contributed by atoms with Crippen molar-refractivity contribution in [2.45, 2.75) is 13.3 Å². The van der Waals surface area contributed by atoms with E-state index in [4.69, 9.17) is 4.74 Å². The Morgan fingerprint density at radius 2 is 2.23 bits per heavy atom. The predicted octanol–water partition coefficient (Wildman–Crippen LogP) is 3.28. The van der Waals surface area contributed by atoms with E-state index in [9.17, 15) is 0 Å². The Labute approximate surface area is 87.4 Å². The molecule has 0 bridgehead atoms. The van der Waals surface area contributed by atoms with E-state index in [1.54, 1.807) is 7.11 Å². The molecule has 0 saturated carbocycles. The molecular weight excluding hydrogens is 230 g/mol. The molecule has 1 aromatic carbocycles. The molecule has 0 aliphatic rings.